The van der Waals surface area contributed by atoms with Gasteiger partial charge in [-0.25, -0.2) is 14.0 Å². The van der Waals surface area contributed by atoms with Crippen LogP contribution in [0, 0.1) is 0 Å². The number of nitrogens with one attached hydrogen (secondary N) is 1. The summed E-state index contributed by atoms with van der Waals surface area (Å²) in [7, 11) is 0. The van der Waals surface area contributed by atoms with E-state index >= 15 is 0 Å². The minimum absolute atomic E-state index is 0.0183. The zero-order chi connectivity index (χ0) is 21.3. The summed E-state index contributed by atoms with van der Waals surface area (Å²) in [6, 6.07) is 2.49. The van der Waals surface area contributed by atoms with E-state index in [2.05, 4.69) is 10.3 Å². The number of aliphatic carboxylic acids is 1. The molecule has 13 heteroatoms. The fourth-order valence-electron chi connectivity index (χ4n) is 3.03. The van der Waals surface area contributed by atoms with E-state index in [1.807, 2.05) is 0 Å². The van der Waals surface area contributed by atoms with Crippen LogP contribution in [0.2, 0.25) is 0 Å². The van der Waals surface area contributed by atoms with Crippen LogP contribution in [0.4, 0.5) is 0 Å². The molecule has 2 aromatic heterocycles. The number of β-lactam (4-membered cyclic amide) rings is 1. The fraction of sp³-hybridized carbons (Fsp3) is 0.235. The van der Waals surface area contributed by atoms with Crippen molar-refractivity contribution in [3.05, 3.63) is 46.3 Å². The summed E-state index contributed by atoms with van der Waals surface area (Å²) < 4.78 is 16.5. The molecule has 1 saturated heterocycles. The monoisotopic (exact) mass is 483 g/mol. The van der Waals surface area contributed by atoms with E-state index in [1.54, 1.807) is 17.5 Å². The molecule has 0 aliphatic carbocycles. The third-order valence-electron chi connectivity index (χ3n) is 4.37. The Morgan fingerprint density at radius 2 is 2.27 bits per heavy atom. The van der Waals surface area contributed by atoms with E-state index in [1.165, 1.54) is 52.4 Å². The number of nitrogens with zero attached hydrogens (tertiary/aromatic N) is 2. The van der Waals surface area contributed by atoms with Crippen molar-refractivity contribution in [2.75, 3.05) is 11.5 Å². The first kappa shape index (κ1) is 20.9. The molecular formula is C17H13N3O6S4. The number of aromatic nitrogens is 1. The lowest BCUT2D eigenvalue weighted by molar-refractivity contribution is -0.150. The Labute approximate surface area is 186 Å². The van der Waals surface area contributed by atoms with Crippen LogP contribution >= 0.6 is 34.9 Å². The Kier molecular flexibility index (Phi) is 6.13. The molecular weight excluding hydrogens is 470 g/mol. The molecule has 0 radical (unpaired) electrons. The average Bonchev–Trinajstić information content (AvgIpc) is 3.44. The number of rotatable bonds is 7. The van der Waals surface area contributed by atoms with Crippen LogP contribution in [0.25, 0.3) is 0 Å². The Morgan fingerprint density at radius 3 is 2.90 bits per heavy atom. The van der Waals surface area contributed by atoms with Gasteiger partial charge in [0.05, 0.1) is 11.1 Å². The molecule has 30 heavy (non-hydrogen) atoms. The zero-order valence-corrected chi connectivity index (χ0v) is 18.2. The highest BCUT2D eigenvalue weighted by Crippen LogP contribution is 2.41. The molecule has 0 spiro atoms. The largest absolute Gasteiger partial charge is 0.477 e. The molecule has 2 atom stereocenters. The molecule has 0 bridgehead atoms. The minimum atomic E-state index is -1.20. The number of carbonyl (C=O) groups excluding carboxylic acids is 2. The maximum Gasteiger partial charge on any atom is 0.352 e. The number of oxazole rings is 1. The van der Waals surface area contributed by atoms with Crippen molar-refractivity contribution in [2.24, 2.45) is 0 Å². The Balaban J connectivity index is 1.49. The maximum absolute atomic E-state index is 12.7. The Morgan fingerprint density at radius 1 is 1.43 bits per heavy atom. The highest BCUT2D eigenvalue weighted by atomic mass is 32.2. The van der Waals surface area contributed by atoms with E-state index < -0.39 is 29.2 Å². The number of hydrogen-bond donors (Lipinski definition) is 2. The molecule has 156 valence electrons. The normalized spacial score (nSPS) is 20.4. The van der Waals surface area contributed by atoms with Gasteiger partial charge in [0, 0.05) is 11.5 Å². The van der Waals surface area contributed by atoms with Crippen molar-refractivity contribution in [1.82, 2.24) is 15.2 Å². The average molecular weight is 484 g/mol. The second-order valence-electron chi connectivity index (χ2n) is 6.12. The van der Waals surface area contributed by atoms with Crippen molar-refractivity contribution >= 4 is 68.8 Å². The van der Waals surface area contributed by atoms with Crippen molar-refractivity contribution in [1.29, 1.82) is 0 Å². The van der Waals surface area contributed by atoms with Crippen LogP contribution < -0.4 is 5.32 Å². The zero-order valence-electron chi connectivity index (χ0n) is 15.0. The SMILES string of the molecule is O=S=C(C(=O)NC1C(=O)N2C(C(=O)O)=C(CSc3cnco3)CS[C@H]12)c1cccs1. The molecule has 1 unspecified atom stereocenters. The summed E-state index contributed by atoms with van der Waals surface area (Å²) in [6.07, 6.45) is 2.81. The number of thioether (sulfide) groups is 2. The first-order valence-electron chi connectivity index (χ1n) is 8.44. The fourth-order valence-corrected chi connectivity index (χ4v) is 6.50. The number of carboxylic acids is 1. The molecule has 0 aromatic carbocycles. The van der Waals surface area contributed by atoms with Crippen molar-refractivity contribution in [2.45, 2.75) is 16.5 Å². The molecule has 2 aliphatic heterocycles. The summed E-state index contributed by atoms with van der Waals surface area (Å²) in [5, 5.41) is 14.0. The van der Waals surface area contributed by atoms with Crippen molar-refractivity contribution in [3.63, 3.8) is 0 Å². The number of hydrogen-bond acceptors (Lipinski definition) is 9. The molecule has 1 fully saturated rings. The number of fused-ring (bicyclic) bond motifs is 1. The Bertz CT molecular complexity index is 1080. The van der Waals surface area contributed by atoms with Gasteiger partial charge in [-0.05, 0) is 17.0 Å². The predicted molar refractivity (Wildman–Crippen MR) is 113 cm³/mol. The number of amides is 2. The molecule has 9 nitrogen and oxygen atoms in total. The van der Waals surface area contributed by atoms with Gasteiger partial charge < -0.3 is 14.8 Å². The van der Waals surface area contributed by atoms with Crippen molar-refractivity contribution < 1.29 is 28.1 Å². The minimum Gasteiger partial charge on any atom is -0.477 e. The predicted octanol–water partition coefficient (Wildman–Crippen LogP) is 1.00. The highest BCUT2D eigenvalue weighted by molar-refractivity contribution is 8.01. The van der Waals surface area contributed by atoms with Gasteiger partial charge in [-0.3, -0.25) is 14.5 Å². The summed E-state index contributed by atoms with van der Waals surface area (Å²) in [5.41, 5.74) is 0.520. The van der Waals surface area contributed by atoms with Crippen LogP contribution in [-0.4, -0.2) is 64.8 Å². The van der Waals surface area contributed by atoms with Gasteiger partial charge in [0.25, 0.3) is 11.8 Å². The van der Waals surface area contributed by atoms with Crippen LogP contribution in [0.1, 0.15) is 4.88 Å². The smallest absolute Gasteiger partial charge is 0.352 e. The number of carbonyl (C=O) groups is 3. The van der Waals surface area contributed by atoms with Gasteiger partial charge in [-0.2, -0.15) is 0 Å². The lowest BCUT2D eigenvalue weighted by atomic mass is 10.0. The van der Waals surface area contributed by atoms with Gasteiger partial charge >= 0.3 is 5.97 Å². The molecule has 2 amide bonds. The molecule has 2 aromatic rings. The summed E-state index contributed by atoms with van der Waals surface area (Å²) in [4.78, 5) is 42.6. The third kappa shape index (κ3) is 3.85. The molecule has 2 N–H and O–H groups in total. The summed E-state index contributed by atoms with van der Waals surface area (Å²) in [5.74, 6) is -1.63. The Hall–Kier alpha value is -2.35. The molecule has 0 saturated carbocycles. The first-order valence-corrected chi connectivity index (χ1v) is 12.1. The number of thiophene rings is 1. The highest BCUT2D eigenvalue weighted by Gasteiger charge is 2.54. The van der Waals surface area contributed by atoms with E-state index in [9.17, 15) is 23.7 Å². The standard InChI is InChI=1S/C17H13N3O6S4/c21-14(13(30-25)9-2-1-3-27-9)19-11-15(22)20-12(17(23)24)8(6-29-16(11)20)5-28-10-4-18-7-26-10/h1-4,7,11,16H,5-6H2,(H,19,21)(H,23,24)/t11?,16-/m1/s1. The van der Waals surface area contributed by atoms with Gasteiger partial charge in [-0.1, -0.05) is 17.8 Å². The van der Waals surface area contributed by atoms with Crippen LogP contribution in [0.5, 0.6) is 0 Å². The van der Waals surface area contributed by atoms with E-state index in [-0.39, 0.29) is 21.8 Å². The van der Waals surface area contributed by atoms with Crippen molar-refractivity contribution in [3.8, 4) is 0 Å². The van der Waals surface area contributed by atoms with Crippen LogP contribution in [0.3, 0.4) is 0 Å². The lowest BCUT2D eigenvalue weighted by Gasteiger charge is -2.49. The first-order chi connectivity index (χ1) is 14.5. The summed E-state index contributed by atoms with van der Waals surface area (Å²) >= 11 is 3.97. The van der Waals surface area contributed by atoms with E-state index in [4.69, 9.17) is 4.42 Å². The van der Waals surface area contributed by atoms with E-state index in [0.29, 0.717) is 27.0 Å². The summed E-state index contributed by atoms with van der Waals surface area (Å²) in [6.45, 7) is 0. The topological polar surface area (TPSA) is 130 Å². The van der Waals surface area contributed by atoms with Gasteiger partial charge in [-0.15, -0.1) is 23.1 Å². The van der Waals surface area contributed by atoms with E-state index in [0.717, 1.165) is 0 Å². The second-order valence-corrected chi connectivity index (χ2v) is 9.72. The maximum atomic E-state index is 12.7. The van der Waals surface area contributed by atoms with Gasteiger partial charge in [0.15, 0.2) is 11.5 Å². The lowest BCUT2D eigenvalue weighted by Crippen LogP contribution is -2.71. The van der Waals surface area contributed by atoms with Gasteiger partial charge in [0.2, 0.25) is 0 Å². The van der Waals surface area contributed by atoms with Crippen LogP contribution in [-0.2, 0) is 25.6 Å². The third-order valence-corrected chi connectivity index (χ3v) is 8.28. The quantitative estimate of drug-likeness (QED) is 0.256. The second kappa shape index (κ2) is 8.79. The molecule has 4 rings (SSSR count). The van der Waals surface area contributed by atoms with Crippen LogP contribution in [0.15, 0.2) is 50.9 Å². The molecule has 2 aliphatic rings. The number of carboxylic acid groups (broad SMARTS) is 1. The van der Waals surface area contributed by atoms with Gasteiger partial charge in [0.1, 0.15) is 33.2 Å². The molecule has 4 heterocycles.